The first-order valence-electron chi connectivity index (χ1n) is 19.1. The van der Waals surface area contributed by atoms with Gasteiger partial charge in [0.1, 0.15) is 11.2 Å². The fourth-order valence-corrected chi connectivity index (χ4v) is 7.96. The number of hydrogen-bond donors (Lipinski definition) is 0. The maximum Gasteiger partial charge on any atom is 0.164 e. The topological polar surface area (TPSA) is 64.7 Å². The van der Waals surface area contributed by atoms with Crippen LogP contribution < -0.4 is 0 Å². The third-order valence-electron chi connectivity index (χ3n) is 10.8. The molecule has 0 aliphatic rings. The Morgan fingerprint density at radius 2 is 0.789 bits per heavy atom. The summed E-state index contributed by atoms with van der Waals surface area (Å²) in [6.07, 6.45) is 0. The number of hydrogen-bond acceptors (Lipinski definition) is 5. The van der Waals surface area contributed by atoms with E-state index < -0.39 is 0 Å². The molecule has 0 spiro atoms. The molecule has 0 amide bonds. The van der Waals surface area contributed by atoms with Crippen LogP contribution in [-0.4, -0.2) is 19.9 Å². The molecule has 0 aliphatic carbocycles. The van der Waals surface area contributed by atoms with Crippen LogP contribution in [0.3, 0.4) is 0 Å². The van der Waals surface area contributed by atoms with E-state index >= 15 is 0 Å². The average molecular weight is 729 g/mol. The standard InChI is InChI=1S/C52H32N4O/c1-4-13-33(14-5-1)35-23-27-38(28-24-35)50-54-51(39-29-25-36(26-30-39)34-15-6-2-7-16-34)56-52(55-50)43-20-12-22-45-46(43)42-32-31-41-47(49(42)57-45)40-19-10-11-21-44(40)53-48(41)37-17-8-3-9-18-37/h1-32H. The third-order valence-corrected chi connectivity index (χ3v) is 10.8. The van der Waals surface area contributed by atoms with Crippen molar-refractivity contribution < 1.29 is 4.42 Å². The van der Waals surface area contributed by atoms with E-state index in [1.807, 2.05) is 36.4 Å². The Hall–Kier alpha value is -7.76. The van der Waals surface area contributed by atoms with Gasteiger partial charge in [0.15, 0.2) is 17.5 Å². The lowest BCUT2D eigenvalue weighted by molar-refractivity contribution is 0.673. The van der Waals surface area contributed by atoms with E-state index in [0.29, 0.717) is 17.5 Å². The molecule has 0 saturated carbocycles. The monoisotopic (exact) mass is 728 g/mol. The summed E-state index contributed by atoms with van der Waals surface area (Å²) >= 11 is 0. The predicted octanol–water partition coefficient (Wildman–Crippen LogP) is 13.5. The average Bonchev–Trinajstić information content (AvgIpc) is 3.69. The van der Waals surface area contributed by atoms with Crippen molar-refractivity contribution in [2.75, 3.05) is 0 Å². The third kappa shape index (κ3) is 5.72. The van der Waals surface area contributed by atoms with Crippen molar-refractivity contribution in [3.63, 3.8) is 0 Å². The molecule has 57 heavy (non-hydrogen) atoms. The van der Waals surface area contributed by atoms with Crippen molar-refractivity contribution in [2.24, 2.45) is 0 Å². The van der Waals surface area contributed by atoms with E-state index in [-0.39, 0.29) is 0 Å². The number of rotatable bonds is 6. The Kier molecular flexibility index (Phi) is 7.74. The van der Waals surface area contributed by atoms with Gasteiger partial charge in [0.25, 0.3) is 0 Å². The summed E-state index contributed by atoms with van der Waals surface area (Å²) in [5.41, 5.74) is 11.7. The van der Waals surface area contributed by atoms with Crippen LogP contribution in [0, 0.1) is 0 Å². The molecule has 0 N–H and O–H groups in total. The van der Waals surface area contributed by atoms with E-state index in [1.165, 1.54) is 0 Å². The molecule has 0 fully saturated rings. The minimum atomic E-state index is 0.576. The molecular weight excluding hydrogens is 697 g/mol. The summed E-state index contributed by atoms with van der Waals surface area (Å²) in [6.45, 7) is 0. The number of fused-ring (bicyclic) bond motifs is 7. The van der Waals surface area contributed by atoms with Gasteiger partial charge in [-0.05, 0) is 40.5 Å². The molecule has 0 saturated heterocycles. The molecule has 0 unspecified atom stereocenters. The molecule has 11 rings (SSSR count). The lowest BCUT2D eigenvalue weighted by Gasteiger charge is -2.11. The van der Waals surface area contributed by atoms with Crippen molar-refractivity contribution in [1.82, 2.24) is 19.9 Å². The molecule has 3 aromatic heterocycles. The quantitative estimate of drug-likeness (QED) is 0.160. The Balaban J connectivity index is 1.12. The Bertz CT molecular complexity index is 3150. The van der Waals surface area contributed by atoms with Crippen LogP contribution in [-0.2, 0) is 0 Å². The summed E-state index contributed by atoms with van der Waals surface area (Å²) in [6, 6.07) is 66.7. The number of pyridine rings is 1. The van der Waals surface area contributed by atoms with Crippen LogP contribution >= 0.6 is 0 Å². The van der Waals surface area contributed by atoms with Gasteiger partial charge in [-0.1, -0.05) is 176 Å². The van der Waals surface area contributed by atoms with Gasteiger partial charge in [-0.15, -0.1) is 0 Å². The molecule has 8 aromatic carbocycles. The summed E-state index contributed by atoms with van der Waals surface area (Å²) in [7, 11) is 0. The van der Waals surface area contributed by atoms with Crippen LogP contribution in [0.15, 0.2) is 199 Å². The largest absolute Gasteiger partial charge is 0.455 e. The van der Waals surface area contributed by atoms with Crippen LogP contribution in [0.1, 0.15) is 0 Å². The second-order valence-electron chi connectivity index (χ2n) is 14.2. The van der Waals surface area contributed by atoms with Gasteiger partial charge in [-0.2, -0.15) is 0 Å². The minimum absolute atomic E-state index is 0.576. The highest BCUT2D eigenvalue weighted by Gasteiger charge is 2.21. The molecule has 0 atom stereocenters. The Labute approximate surface area is 328 Å². The van der Waals surface area contributed by atoms with E-state index in [1.54, 1.807) is 0 Å². The van der Waals surface area contributed by atoms with Crippen molar-refractivity contribution in [3.05, 3.63) is 194 Å². The number of benzene rings is 8. The Morgan fingerprint density at radius 1 is 0.298 bits per heavy atom. The zero-order chi connectivity index (χ0) is 37.7. The van der Waals surface area contributed by atoms with Crippen LogP contribution in [0.2, 0.25) is 0 Å². The zero-order valence-corrected chi connectivity index (χ0v) is 30.7. The molecule has 0 bridgehead atoms. The van der Waals surface area contributed by atoms with Gasteiger partial charge in [0, 0.05) is 49.2 Å². The van der Waals surface area contributed by atoms with Gasteiger partial charge in [-0.3, -0.25) is 0 Å². The normalized spacial score (nSPS) is 11.5. The predicted molar refractivity (Wildman–Crippen MR) is 233 cm³/mol. The second-order valence-corrected chi connectivity index (χ2v) is 14.2. The smallest absolute Gasteiger partial charge is 0.164 e. The first-order valence-corrected chi connectivity index (χ1v) is 19.1. The minimum Gasteiger partial charge on any atom is -0.455 e. The number of aromatic nitrogens is 4. The second kappa shape index (κ2) is 13.5. The van der Waals surface area contributed by atoms with Crippen molar-refractivity contribution in [1.29, 1.82) is 0 Å². The lowest BCUT2D eigenvalue weighted by atomic mass is 9.97. The number of nitrogens with zero attached hydrogens (tertiary/aromatic N) is 4. The van der Waals surface area contributed by atoms with E-state index in [9.17, 15) is 0 Å². The molecule has 0 radical (unpaired) electrons. The van der Waals surface area contributed by atoms with Gasteiger partial charge < -0.3 is 4.42 Å². The van der Waals surface area contributed by atoms with E-state index in [0.717, 1.165) is 93.8 Å². The SMILES string of the molecule is c1ccc(-c2ccc(-c3nc(-c4ccc(-c5ccccc5)cc4)nc(-c4cccc5oc6c(ccc7c(-c8ccccc8)nc8ccccc8c76)c45)n3)cc2)cc1. The van der Waals surface area contributed by atoms with Crippen LogP contribution in [0.4, 0.5) is 0 Å². The van der Waals surface area contributed by atoms with Gasteiger partial charge >= 0.3 is 0 Å². The summed E-state index contributed by atoms with van der Waals surface area (Å²) in [5.74, 6) is 1.77. The van der Waals surface area contributed by atoms with Crippen molar-refractivity contribution in [3.8, 4) is 67.7 Å². The van der Waals surface area contributed by atoms with Crippen molar-refractivity contribution in [2.45, 2.75) is 0 Å². The van der Waals surface area contributed by atoms with E-state index in [2.05, 4.69) is 158 Å². The lowest BCUT2D eigenvalue weighted by Crippen LogP contribution is -2.00. The Morgan fingerprint density at radius 3 is 1.40 bits per heavy atom. The zero-order valence-electron chi connectivity index (χ0n) is 30.7. The maximum absolute atomic E-state index is 6.87. The fraction of sp³-hybridized carbons (Fsp3) is 0. The highest BCUT2D eigenvalue weighted by Crippen LogP contribution is 2.43. The molecule has 266 valence electrons. The number of para-hydroxylation sites is 1. The molecule has 5 nitrogen and oxygen atoms in total. The molecule has 3 heterocycles. The molecule has 5 heteroatoms. The highest BCUT2D eigenvalue weighted by molar-refractivity contribution is 6.26. The summed E-state index contributed by atoms with van der Waals surface area (Å²) < 4.78 is 6.87. The fourth-order valence-electron chi connectivity index (χ4n) is 7.96. The van der Waals surface area contributed by atoms with Crippen LogP contribution in [0.5, 0.6) is 0 Å². The van der Waals surface area contributed by atoms with E-state index in [4.69, 9.17) is 24.4 Å². The first kappa shape index (κ1) is 32.7. The van der Waals surface area contributed by atoms with Gasteiger partial charge in [0.05, 0.1) is 11.2 Å². The maximum atomic E-state index is 6.87. The van der Waals surface area contributed by atoms with Crippen molar-refractivity contribution >= 4 is 43.6 Å². The van der Waals surface area contributed by atoms with Gasteiger partial charge in [-0.25, -0.2) is 19.9 Å². The van der Waals surface area contributed by atoms with Gasteiger partial charge in [0.2, 0.25) is 0 Å². The molecule has 11 aromatic rings. The first-order chi connectivity index (χ1) is 28.2. The number of furan rings is 1. The molecule has 0 aliphatic heterocycles. The highest BCUT2D eigenvalue weighted by atomic mass is 16.3. The summed E-state index contributed by atoms with van der Waals surface area (Å²) in [5, 5.41) is 5.06. The van der Waals surface area contributed by atoms with Crippen LogP contribution in [0.25, 0.3) is 111 Å². The summed E-state index contributed by atoms with van der Waals surface area (Å²) in [4.78, 5) is 20.6. The molecular formula is C52H32N4O.